The number of nitrogens with zero attached hydrogens (tertiary/aromatic N) is 1. The Kier molecular flexibility index (Phi) is 35.5. The number of ether oxygens (including phenoxy) is 12. The van der Waals surface area contributed by atoms with Gasteiger partial charge in [-0.25, -0.2) is 14.4 Å². The van der Waals surface area contributed by atoms with Gasteiger partial charge in [0.25, 0.3) is 5.91 Å². The van der Waals surface area contributed by atoms with Crippen molar-refractivity contribution in [1.29, 1.82) is 0 Å². The summed E-state index contributed by atoms with van der Waals surface area (Å²) < 4.78 is 75.1. The SMILES string of the molecule is CNCCCC(=O)C1CC(C)[C@@H](O[C@@H]2OC(C)[C@@H](O)[C@H](O)C2O)[C@H](O[C@@H]2O[C@@H](CO)[C@H](O)C(O[C@@H](CC3CCCCC3)C(=O)N3CCC3)C2OC(=O)c2ccccc2)C1.CNCCCC(=O)C1CC(C)[C@@H](O[C@@H]2OC(C)[C@@H](O)[C@H](O)C2O)[C@H](O[C@@H]2O[C@@H](CO)[C@H](O)C(O[C@@H](CC3CCCCC3)C(=O)O)C2OC(=O)c2ccccc2)C1. The number of hydrogen-bond donors (Lipinski definition) is 13. The van der Waals surface area contributed by atoms with Crippen LogP contribution < -0.4 is 10.6 Å². The second-order valence-electron chi connectivity index (χ2n) is 33.1. The smallest absolute Gasteiger partial charge is 0.338 e. The van der Waals surface area contributed by atoms with Crippen molar-refractivity contribution in [2.75, 3.05) is 53.5 Å². The summed E-state index contributed by atoms with van der Waals surface area (Å²) in [6.45, 7) is 7.84. The minimum atomic E-state index is -1.65. The Bertz CT molecular complexity index is 3320. The van der Waals surface area contributed by atoms with E-state index in [-0.39, 0.29) is 65.6 Å². The summed E-state index contributed by atoms with van der Waals surface area (Å²) in [7, 11) is 3.61. The van der Waals surface area contributed by atoms with Crippen molar-refractivity contribution in [2.24, 2.45) is 35.5 Å². The van der Waals surface area contributed by atoms with Gasteiger partial charge < -0.3 is 129 Å². The third kappa shape index (κ3) is 24.1. The van der Waals surface area contributed by atoms with Crippen LogP contribution in [0.5, 0.6) is 0 Å². The molecule has 5 heterocycles. The van der Waals surface area contributed by atoms with Gasteiger partial charge >= 0.3 is 17.9 Å². The molecular formula is C83H127N3O29. The van der Waals surface area contributed by atoms with Gasteiger partial charge in [-0.1, -0.05) is 114 Å². The van der Waals surface area contributed by atoms with Crippen molar-refractivity contribution >= 4 is 35.4 Å². The standard InChI is InChI=1S/C43H66N2O14.C40H61NO15/c1-24-20-28(29(47)16-10-17-44-3)22-30(37(24)59-42-36(51)35(50)33(48)25(2)54-42)56-43-39(58-41(53)27-14-8-5-9-15-27)38(34(49)32(23-46)57-43)55-31(40(52)45-18-11-19-45)21-26-12-6-4-7-13-26;1-21-17-25(26(43)15-10-16-41-3)19-27(34(21)56-39-33(47)32(46)30(44)22(2)51-39)53-40-36(55-38(50)24-13-8-5-9-14-24)35(31(45)29(20-42)54-40)52-28(37(48)49)18-23-11-6-4-7-12-23/h5,8-9,14-15,24-26,28,30-39,42-44,46,48-51H,4,6-7,10-13,16-23H2,1-3H3;5,8-9,13-14,21-23,25,27-36,39-42,44-47H,4,6-7,10-12,15-20H2,1-3H3,(H,48,49)/t24?,25?,28?,30-,31+,32+,33-,34+,35+,36?,37-,38?,39?,42+,43-;21?,22?,25?,27-,28+,29+,30-,31+,32+,33?,34-,35?,36?,39+,40-/m11/s1. The van der Waals surface area contributed by atoms with Gasteiger partial charge in [-0.15, -0.1) is 0 Å². The molecule has 30 atom stereocenters. The molecule has 4 aliphatic carbocycles. The zero-order valence-electron chi connectivity index (χ0n) is 67.1. The number of carboxylic acids is 1. The maximum atomic E-state index is 14.0. The van der Waals surface area contributed by atoms with Crippen molar-refractivity contribution in [1.82, 2.24) is 15.5 Å². The number of esters is 2. The Morgan fingerprint density at radius 3 is 1.21 bits per heavy atom. The number of amides is 1. The number of carbonyl (C=O) groups is 6. The van der Waals surface area contributed by atoms with Gasteiger partial charge in [-0.05, 0) is 147 Å². The molecule has 648 valence electrons. The van der Waals surface area contributed by atoms with E-state index in [0.717, 1.165) is 70.6 Å². The topological polar surface area (TPSA) is 463 Å². The lowest BCUT2D eigenvalue weighted by molar-refractivity contribution is -0.349. The Balaban J connectivity index is 0.000000243. The van der Waals surface area contributed by atoms with Crippen LogP contribution in [-0.2, 0) is 76.0 Å². The van der Waals surface area contributed by atoms with Crippen LogP contribution >= 0.6 is 0 Å². The molecule has 0 spiro atoms. The molecule has 0 aromatic heterocycles. The maximum Gasteiger partial charge on any atom is 0.338 e. The predicted octanol–water partition coefficient (Wildman–Crippen LogP) is 2.77. The second kappa shape index (κ2) is 44.4. The summed E-state index contributed by atoms with van der Waals surface area (Å²) in [4.78, 5) is 83.1. The monoisotopic (exact) mass is 1630 g/mol. The average Bonchev–Trinajstić information content (AvgIpc) is 0.778. The van der Waals surface area contributed by atoms with Crippen LogP contribution in [0.3, 0.4) is 0 Å². The van der Waals surface area contributed by atoms with Gasteiger partial charge in [0.1, 0.15) is 90.9 Å². The fraction of sp³-hybridized carbons (Fsp3) is 0.783. The van der Waals surface area contributed by atoms with Crippen LogP contribution in [0.15, 0.2) is 60.7 Å². The quantitative estimate of drug-likeness (QED) is 0.0354. The number of hydrogen-bond acceptors (Lipinski definition) is 30. The van der Waals surface area contributed by atoms with E-state index in [0.29, 0.717) is 71.1 Å². The highest BCUT2D eigenvalue weighted by Crippen LogP contribution is 2.44. The number of carboxylic acid groups (broad SMARTS) is 1. The lowest BCUT2D eigenvalue weighted by Crippen LogP contribution is -2.64. The van der Waals surface area contributed by atoms with Gasteiger partial charge in [0.05, 0.1) is 61.0 Å². The first-order valence-electron chi connectivity index (χ1n) is 41.8. The molecule has 2 aromatic rings. The van der Waals surface area contributed by atoms with Crippen molar-refractivity contribution in [2.45, 2.75) is 322 Å². The number of ketones is 2. The third-order valence-corrected chi connectivity index (χ3v) is 24.6. The predicted molar refractivity (Wildman–Crippen MR) is 408 cm³/mol. The Hall–Kier alpha value is -5.22. The molecule has 11 rings (SSSR count). The molecule has 32 heteroatoms. The Morgan fingerprint density at radius 1 is 0.452 bits per heavy atom. The molecule has 115 heavy (non-hydrogen) atoms. The molecule has 2 aromatic carbocycles. The number of aliphatic hydroxyl groups is 10. The number of rotatable bonds is 34. The summed E-state index contributed by atoms with van der Waals surface area (Å²) in [5, 5.41) is 124. The molecule has 12 unspecified atom stereocenters. The lowest BCUT2D eigenvalue weighted by atomic mass is 9.75. The molecule has 5 aliphatic heterocycles. The molecule has 32 nitrogen and oxygen atoms in total. The molecule has 1 amide bonds. The Morgan fingerprint density at radius 2 is 0.843 bits per heavy atom. The van der Waals surface area contributed by atoms with E-state index in [1.807, 2.05) is 20.9 Å². The number of aliphatic carboxylic acids is 1. The summed E-state index contributed by atoms with van der Waals surface area (Å²) >= 11 is 0. The summed E-state index contributed by atoms with van der Waals surface area (Å²) in [5.41, 5.74) is 0.357. The van der Waals surface area contributed by atoms with Crippen molar-refractivity contribution in [3.05, 3.63) is 71.8 Å². The zero-order chi connectivity index (χ0) is 82.7. The summed E-state index contributed by atoms with van der Waals surface area (Å²) in [6, 6.07) is 16.3. The number of aliphatic hydroxyl groups excluding tert-OH is 10. The zero-order valence-corrected chi connectivity index (χ0v) is 67.1. The largest absolute Gasteiger partial charge is 0.479 e. The molecule has 0 bridgehead atoms. The van der Waals surface area contributed by atoms with Crippen LogP contribution in [0, 0.1) is 35.5 Å². The van der Waals surface area contributed by atoms with E-state index in [1.165, 1.54) is 19.1 Å². The van der Waals surface area contributed by atoms with Gasteiger partial charge in [0.2, 0.25) is 0 Å². The number of nitrogens with one attached hydrogen (secondary N) is 2. The van der Waals surface area contributed by atoms with Crippen molar-refractivity contribution in [3.8, 4) is 0 Å². The van der Waals surface area contributed by atoms with E-state index in [9.17, 15) is 84.9 Å². The second-order valence-corrected chi connectivity index (χ2v) is 33.1. The first-order valence-corrected chi connectivity index (χ1v) is 41.8. The highest BCUT2D eigenvalue weighted by Gasteiger charge is 2.57. The van der Waals surface area contributed by atoms with E-state index in [4.69, 9.17) is 56.8 Å². The highest BCUT2D eigenvalue weighted by atomic mass is 16.8. The molecule has 0 radical (unpaired) electrons. The lowest BCUT2D eigenvalue weighted by Gasteiger charge is -2.48. The van der Waals surface area contributed by atoms with Gasteiger partial charge in [-0.3, -0.25) is 14.4 Å². The number of Topliss-reactive ketones (excluding diaryl/α,β-unsaturated/α-hetero) is 2. The van der Waals surface area contributed by atoms with Gasteiger partial charge in [0, 0.05) is 37.8 Å². The minimum Gasteiger partial charge on any atom is -0.479 e. The molecule has 4 saturated carbocycles. The molecular weight excluding hydrogens is 1500 g/mol. The van der Waals surface area contributed by atoms with Crippen LogP contribution in [0.1, 0.15) is 183 Å². The molecule has 9 aliphatic rings. The van der Waals surface area contributed by atoms with E-state index >= 15 is 0 Å². The molecule has 9 fully saturated rings. The van der Waals surface area contributed by atoms with Crippen LogP contribution in [-0.4, -0.2) is 309 Å². The van der Waals surface area contributed by atoms with Gasteiger partial charge in [-0.2, -0.15) is 0 Å². The number of benzene rings is 2. The van der Waals surface area contributed by atoms with Crippen LogP contribution in [0.25, 0.3) is 0 Å². The van der Waals surface area contributed by atoms with E-state index in [2.05, 4.69) is 10.6 Å². The maximum absolute atomic E-state index is 14.0. The minimum absolute atomic E-state index is 0.00577. The van der Waals surface area contributed by atoms with Crippen molar-refractivity contribution < 1.29 is 142 Å². The van der Waals surface area contributed by atoms with E-state index < -0.39 is 208 Å². The number of carbonyl (C=O) groups excluding carboxylic acids is 5. The van der Waals surface area contributed by atoms with E-state index in [1.54, 1.807) is 67.4 Å². The first kappa shape index (κ1) is 92.1. The molecule has 5 saturated heterocycles. The normalized spacial score (nSPS) is 37.4. The third-order valence-electron chi connectivity index (χ3n) is 24.6. The highest BCUT2D eigenvalue weighted by molar-refractivity contribution is 5.90. The van der Waals surface area contributed by atoms with Crippen LogP contribution in [0.2, 0.25) is 0 Å². The fourth-order valence-corrected chi connectivity index (χ4v) is 17.7. The molecule has 13 N–H and O–H groups in total. The fourth-order valence-electron chi connectivity index (χ4n) is 17.7. The van der Waals surface area contributed by atoms with Crippen molar-refractivity contribution in [3.63, 3.8) is 0 Å². The van der Waals surface area contributed by atoms with Crippen LogP contribution in [0.4, 0.5) is 0 Å². The summed E-state index contributed by atoms with van der Waals surface area (Å²) in [5.74, 6) is -4.53. The summed E-state index contributed by atoms with van der Waals surface area (Å²) in [6.07, 6.45) is -20.8. The number of likely N-dealkylation sites (tertiary alicyclic amines) is 1. The average molecular weight is 1630 g/mol. The Labute approximate surface area is 672 Å². The van der Waals surface area contributed by atoms with Gasteiger partial charge in [0.15, 0.2) is 43.5 Å². The first-order chi connectivity index (χ1) is 55.2.